The standard InChI is InChI=1S/C16H24BrN3O/c1-18-15(14-12-9-3-4-10(7-9)13(12)14)16-11(17)8-19-20(16)5-6-21-2/h8-10,12-15,18H,3-7H2,1-2H3. The monoisotopic (exact) mass is 353 g/mol. The van der Waals surface area contributed by atoms with Crippen molar-refractivity contribution in [1.29, 1.82) is 0 Å². The maximum Gasteiger partial charge on any atom is 0.0699 e. The van der Waals surface area contributed by atoms with Gasteiger partial charge in [-0.2, -0.15) is 5.10 Å². The minimum absolute atomic E-state index is 0.428. The molecule has 0 aliphatic heterocycles. The van der Waals surface area contributed by atoms with Gasteiger partial charge < -0.3 is 10.1 Å². The van der Waals surface area contributed by atoms with Crippen molar-refractivity contribution in [3.8, 4) is 0 Å². The molecule has 3 saturated carbocycles. The van der Waals surface area contributed by atoms with E-state index in [1.165, 1.54) is 25.0 Å². The van der Waals surface area contributed by atoms with Crippen molar-refractivity contribution in [3.05, 3.63) is 16.4 Å². The normalized spacial score (nSPS) is 37.8. The van der Waals surface area contributed by atoms with Crippen LogP contribution in [0.5, 0.6) is 0 Å². The van der Waals surface area contributed by atoms with Crippen LogP contribution in [-0.2, 0) is 11.3 Å². The highest BCUT2D eigenvalue weighted by molar-refractivity contribution is 9.10. The molecule has 116 valence electrons. The van der Waals surface area contributed by atoms with Crippen LogP contribution in [0.25, 0.3) is 0 Å². The van der Waals surface area contributed by atoms with Crippen LogP contribution in [0.3, 0.4) is 0 Å². The first-order chi connectivity index (χ1) is 10.3. The fourth-order valence-corrected chi connectivity index (χ4v) is 5.93. The van der Waals surface area contributed by atoms with Crippen LogP contribution in [0.1, 0.15) is 31.0 Å². The molecule has 0 aromatic carbocycles. The quantitative estimate of drug-likeness (QED) is 0.854. The first kappa shape index (κ1) is 14.2. The third-order valence-electron chi connectivity index (χ3n) is 6.13. The predicted molar refractivity (Wildman–Crippen MR) is 84.9 cm³/mol. The number of hydrogen-bond acceptors (Lipinski definition) is 3. The predicted octanol–water partition coefficient (Wildman–Crippen LogP) is 2.84. The Morgan fingerprint density at radius 2 is 2.14 bits per heavy atom. The lowest BCUT2D eigenvalue weighted by atomic mass is 9.95. The van der Waals surface area contributed by atoms with E-state index >= 15 is 0 Å². The Kier molecular flexibility index (Phi) is 3.63. The van der Waals surface area contributed by atoms with Gasteiger partial charge in [0.05, 0.1) is 35.6 Å². The Hall–Kier alpha value is -0.390. The molecule has 21 heavy (non-hydrogen) atoms. The third kappa shape index (κ3) is 2.12. The number of nitrogens with zero attached hydrogens (tertiary/aromatic N) is 2. The van der Waals surface area contributed by atoms with Crippen LogP contribution < -0.4 is 5.32 Å². The average Bonchev–Trinajstić information content (AvgIpc) is 2.80. The second kappa shape index (κ2) is 5.36. The lowest BCUT2D eigenvalue weighted by molar-refractivity contribution is 0.181. The number of methoxy groups -OCH3 is 1. The maximum absolute atomic E-state index is 5.22. The van der Waals surface area contributed by atoms with E-state index in [-0.39, 0.29) is 0 Å². The molecule has 1 N–H and O–H groups in total. The molecule has 2 bridgehead atoms. The highest BCUT2D eigenvalue weighted by Gasteiger charge is 2.67. The molecule has 4 nitrogen and oxygen atoms in total. The van der Waals surface area contributed by atoms with E-state index in [0.717, 1.165) is 40.6 Å². The molecule has 3 aliphatic rings. The van der Waals surface area contributed by atoms with Gasteiger partial charge in [0.2, 0.25) is 0 Å². The molecule has 5 unspecified atom stereocenters. The molecule has 0 saturated heterocycles. The molecular weight excluding hydrogens is 330 g/mol. The van der Waals surface area contributed by atoms with Crippen molar-refractivity contribution < 1.29 is 4.74 Å². The fraction of sp³-hybridized carbons (Fsp3) is 0.812. The number of aromatic nitrogens is 2. The molecule has 3 aliphatic carbocycles. The zero-order chi connectivity index (χ0) is 14.6. The summed E-state index contributed by atoms with van der Waals surface area (Å²) >= 11 is 3.71. The van der Waals surface area contributed by atoms with Gasteiger partial charge in [0, 0.05) is 7.11 Å². The van der Waals surface area contributed by atoms with Crippen LogP contribution in [0.4, 0.5) is 0 Å². The minimum atomic E-state index is 0.428. The van der Waals surface area contributed by atoms with E-state index in [9.17, 15) is 0 Å². The first-order valence-corrected chi connectivity index (χ1v) is 8.93. The van der Waals surface area contributed by atoms with Crippen LogP contribution in [-0.4, -0.2) is 30.5 Å². The Morgan fingerprint density at radius 3 is 2.76 bits per heavy atom. The van der Waals surface area contributed by atoms with Gasteiger partial charge in [0.25, 0.3) is 0 Å². The highest BCUT2D eigenvalue weighted by Crippen LogP contribution is 2.72. The fourth-order valence-electron chi connectivity index (χ4n) is 5.39. The summed E-state index contributed by atoms with van der Waals surface area (Å²) < 4.78 is 8.47. The molecule has 0 spiro atoms. The van der Waals surface area contributed by atoms with E-state index in [0.29, 0.717) is 12.6 Å². The second-order valence-corrected chi connectivity index (χ2v) is 7.78. The number of ether oxygens (including phenoxy) is 1. The molecule has 0 radical (unpaired) electrons. The summed E-state index contributed by atoms with van der Waals surface area (Å²) in [6.45, 7) is 1.53. The summed E-state index contributed by atoms with van der Waals surface area (Å²) in [6.07, 6.45) is 6.39. The molecule has 1 aromatic heterocycles. The zero-order valence-corrected chi connectivity index (χ0v) is 14.3. The average molecular weight is 354 g/mol. The van der Waals surface area contributed by atoms with Crippen LogP contribution in [0, 0.1) is 29.6 Å². The van der Waals surface area contributed by atoms with Gasteiger partial charge >= 0.3 is 0 Å². The van der Waals surface area contributed by atoms with Crippen molar-refractivity contribution in [3.63, 3.8) is 0 Å². The second-order valence-electron chi connectivity index (χ2n) is 6.93. The van der Waals surface area contributed by atoms with E-state index in [2.05, 4.69) is 38.1 Å². The summed E-state index contributed by atoms with van der Waals surface area (Å²) in [6, 6.07) is 0.428. The Balaban J connectivity index is 1.58. The lowest BCUT2D eigenvalue weighted by Crippen LogP contribution is -2.26. The van der Waals surface area contributed by atoms with Crippen molar-refractivity contribution >= 4 is 15.9 Å². The van der Waals surface area contributed by atoms with E-state index in [1.54, 1.807) is 7.11 Å². The van der Waals surface area contributed by atoms with E-state index in [1.807, 2.05) is 6.20 Å². The largest absolute Gasteiger partial charge is 0.383 e. The molecule has 1 heterocycles. The van der Waals surface area contributed by atoms with Gasteiger partial charge in [0.15, 0.2) is 0 Å². The summed E-state index contributed by atoms with van der Waals surface area (Å²) in [5.41, 5.74) is 1.31. The highest BCUT2D eigenvalue weighted by atomic mass is 79.9. The Morgan fingerprint density at radius 1 is 1.43 bits per heavy atom. The van der Waals surface area contributed by atoms with Gasteiger partial charge in [-0.1, -0.05) is 0 Å². The smallest absolute Gasteiger partial charge is 0.0699 e. The number of fused-ring (bicyclic) bond motifs is 5. The van der Waals surface area contributed by atoms with Gasteiger partial charge in [-0.3, -0.25) is 4.68 Å². The number of hydrogen-bond donors (Lipinski definition) is 1. The van der Waals surface area contributed by atoms with Gasteiger partial charge in [-0.15, -0.1) is 0 Å². The first-order valence-electron chi connectivity index (χ1n) is 8.13. The van der Waals surface area contributed by atoms with Crippen molar-refractivity contribution in [2.24, 2.45) is 29.6 Å². The zero-order valence-electron chi connectivity index (χ0n) is 12.8. The van der Waals surface area contributed by atoms with Crippen LogP contribution >= 0.6 is 15.9 Å². The van der Waals surface area contributed by atoms with E-state index in [4.69, 9.17) is 4.74 Å². The lowest BCUT2D eigenvalue weighted by Gasteiger charge is -2.22. The molecule has 0 amide bonds. The summed E-state index contributed by atoms with van der Waals surface area (Å²) in [5, 5.41) is 8.12. The topological polar surface area (TPSA) is 39.1 Å². The molecule has 4 rings (SSSR count). The number of nitrogens with one attached hydrogen (secondary N) is 1. The minimum Gasteiger partial charge on any atom is -0.383 e. The molecular formula is C16H24BrN3O. The van der Waals surface area contributed by atoms with Crippen molar-refractivity contribution in [2.45, 2.75) is 31.8 Å². The third-order valence-corrected chi connectivity index (χ3v) is 6.74. The summed E-state index contributed by atoms with van der Waals surface area (Å²) in [7, 11) is 3.84. The molecule has 5 atom stereocenters. The number of halogens is 1. The SMILES string of the molecule is CNC(c1c(Br)cnn1CCOC)C1C2C3CCC(C3)C21. The van der Waals surface area contributed by atoms with Gasteiger partial charge in [0.1, 0.15) is 0 Å². The van der Waals surface area contributed by atoms with Crippen LogP contribution in [0.2, 0.25) is 0 Å². The molecule has 5 heteroatoms. The summed E-state index contributed by atoms with van der Waals surface area (Å²) in [4.78, 5) is 0. The van der Waals surface area contributed by atoms with Gasteiger partial charge in [-0.25, -0.2) is 0 Å². The van der Waals surface area contributed by atoms with Gasteiger partial charge in [-0.05, 0) is 71.8 Å². The maximum atomic E-state index is 5.22. The summed E-state index contributed by atoms with van der Waals surface area (Å²) in [5.74, 6) is 4.78. The molecule has 3 fully saturated rings. The molecule has 1 aromatic rings. The Bertz CT molecular complexity index is 516. The number of rotatable bonds is 6. The van der Waals surface area contributed by atoms with Crippen LogP contribution in [0.15, 0.2) is 10.7 Å². The van der Waals surface area contributed by atoms with E-state index < -0.39 is 0 Å². The Labute approximate surface area is 134 Å². The van der Waals surface area contributed by atoms with Crippen molar-refractivity contribution in [1.82, 2.24) is 15.1 Å². The van der Waals surface area contributed by atoms with Crippen molar-refractivity contribution in [2.75, 3.05) is 20.8 Å².